The third-order valence-electron chi connectivity index (χ3n) is 3.74. The van der Waals surface area contributed by atoms with Crippen LogP contribution in [0.2, 0.25) is 0 Å². The van der Waals surface area contributed by atoms with Gasteiger partial charge in [0.05, 0.1) is 0 Å². The Balaban J connectivity index is 1.44. The summed E-state index contributed by atoms with van der Waals surface area (Å²) in [6.45, 7) is 2.77. The number of H-pyrrole nitrogens is 1. The van der Waals surface area contributed by atoms with Gasteiger partial charge < -0.3 is 14.7 Å². The minimum atomic E-state index is -0.126. The Kier molecular flexibility index (Phi) is 3.90. The van der Waals surface area contributed by atoms with Crippen LogP contribution >= 0.6 is 0 Å². The third-order valence-corrected chi connectivity index (χ3v) is 3.74. The second kappa shape index (κ2) is 5.99. The molecule has 5 nitrogen and oxygen atoms in total. The SMILES string of the molecule is CC1CC1c1ccc(/C=C/C(=O)NCCc2ncc[nH]2)o1. The molecule has 2 aromatic rings. The molecule has 0 aromatic carbocycles. The zero-order valence-corrected chi connectivity index (χ0v) is 12.0. The van der Waals surface area contributed by atoms with E-state index in [1.165, 1.54) is 12.5 Å². The standard InChI is InChI=1S/C16H19N3O2/c1-11-10-13(11)14-4-2-12(21-14)3-5-16(20)19-7-6-15-17-8-9-18-15/h2-5,8-9,11,13H,6-7,10H2,1H3,(H,17,18)(H,19,20)/b5-3+. The lowest BCUT2D eigenvalue weighted by molar-refractivity contribution is -0.116. The van der Waals surface area contributed by atoms with Crippen LogP contribution in [-0.2, 0) is 11.2 Å². The molecule has 2 aromatic heterocycles. The maximum Gasteiger partial charge on any atom is 0.244 e. The van der Waals surface area contributed by atoms with E-state index < -0.39 is 0 Å². The van der Waals surface area contributed by atoms with Gasteiger partial charge in [-0.3, -0.25) is 4.79 Å². The molecule has 2 atom stereocenters. The lowest BCUT2D eigenvalue weighted by Gasteiger charge is -1.99. The maximum atomic E-state index is 11.7. The second-order valence-corrected chi connectivity index (χ2v) is 5.47. The number of nitrogens with zero attached hydrogens (tertiary/aromatic N) is 1. The first-order chi connectivity index (χ1) is 10.2. The molecule has 1 aliphatic carbocycles. The fraction of sp³-hybridized carbons (Fsp3) is 0.375. The lowest BCUT2D eigenvalue weighted by atomic mass is 10.3. The third kappa shape index (κ3) is 3.62. The highest BCUT2D eigenvalue weighted by molar-refractivity contribution is 5.91. The largest absolute Gasteiger partial charge is 0.461 e. The van der Waals surface area contributed by atoms with Crippen LogP contribution in [-0.4, -0.2) is 22.4 Å². The molecule has 3 rings (SSSR count). The molecular weight excluding hydrogens is 266 g/mol. The van der Waals surface area contributed by atoms with Gasteiger partial charge in [-0.25, -0.2) is 4.98 Å². The van der Waals surface area contributed by atoms with Crippen molar-refractivity contribution in [2.24, 2.45) is 5.92 Å². The Morgan fingerprint density at radius 1 is 1.57 bits per heavy atom. The number of furan rings is 1. The first-order valence-electron chi connectivity index (χ1n) is 7.26. The molecule has 0 bridgehead atoms. The van der Waals surface area contributed by atoms with Gasteiger partial charge in [0.1, 0.15) is 17.3 Å². The van der Waals surface area contributed by atoms with Gasteiger partial charge in [0.2, 0.25) is 5.91 Å². The number of amides is 1. The molecule has 5 heteroatoms. The fourth-order valence-corrected chi connectivity index (χ4v) is 2.33. The van der Waals surface area contributed by atoms with Crippen molar-refractivity contribution in [2.75, 3.05) is 6.54 Å². The monoisotopic (exact) mass is 285 g/mol. The van der Waals surface area contributed by atoms with Gasteiger partial charge in [-0.2, -0.15) is 0 Å². The number of imidazole rings is 1. The van der Waals surface area contributed by atoms with Gasteiger partial charge in [-0.15, -0.1) is 0 Å². The Bertz CT molecular complexity index is 628. The van der Waals surface area contributed by atoms with Crippen LogP contribution in [0, 0.1) is 5.92 Å². The molecule has 2 heterocycles. The van der Waals surface area contributed by atoms with Crippen molar-refractivity contribution in [2.45, 2.75) is 25.7 Å². The van der Waals surface area contributed by atoms with Gasteiger partial charge in [0.15, 0.2) is 0 Å². The highest BCUT2D eigenvalue weighted by atomic mass is 16.3. The Labute approximate surface area is 123 Å². The van der Waals surface area contributed by atoms with Gasteiger partial charge >= 0.3 is 0 Å². The number of rotatable bonds is 6. The van der Waals surface area contributed by atoms with E-state index in [9.17, 15) is 4.79 Å². The Morgan fingerprint density at radius 3 is 3.14 bits per heavy atom. The summed E-state index contributed by atoms with van der Waals surface area (Å²) in [6, 6.07) is 3.91. The van der Waals surface area contributed by atoms with Crippen LogP contribution in [0.1, 0.15) is 36.6 Å². The van der Waals surface area contributed by atoms with Crippen LogP contribution in [0.15, 0.2) is 35.0 Å². The van der Waals surface area contributed by atoms with E-state index in [-0.39, 0.29) is 5.91 Å². The molecule has 0 spiro atoms. The van der Waals surface area contributed by atoms with Crippen LogP contribution in [0.5, 0.6) is 0 Å². The minimum Gasteiger partial charge on any atom is -0.461 e. The van der Waals surface area contributed by atoms with Crippen molar-refractivity contribution in [3.8, 4) is 0 Å². The zero-order chi connectivity index (χ0) is 14.7. The van der Waals surface area contributed by atoms with Crippen molar-refractivity contribution in [3.05, 3.63) is 47.9 Å². The van der Waals surface area contributed by atoms with E-state index in [0.717, 1.165) is 23.3 Å². The lowest BCUT2D eigenvalue weighted by Crippen LogP contribution is -2.23. The fourth-order valence-electron chi connectivity index (χ4n) is 2.33. The highest BCUT2D eigenvalue weighted by Gasteiger charge is 2.36. The number of nitrogens with one attached hydrogen (secondary N) is 2. The van der Waals surface area contributed by atoms with Crippen LogP contribution < -0.4 is 5.32 Å². The second-order valence-electron chi connectivity index (χ2n) is 5.47. The number of carbonyl (C=O) groups is 1. The Morgan fingerprint density at radius 2 is 2.43 bits per heavy atom. The minimum absolute atomic E-state index is 0.126. The molecule has 21 heavy (non-hydrogen) atoms. The van der Waals surface area contributed by atoms with Crippen LogP contribution in [0.4, 0.5) is 0 Å². The molecule has 2 N–H and O–H groups in total. The summed E-state index contributed by atoms with van der Waals surface area (Å²) in [7, 11) is 0. The van der Waals surface area contributed by atoms with E-state index >= 15 is 0 Å². The van der Waals surface area contributed by atoms with Crippen molar-refractivity contribution in [1.82, 2.24) is 15.3 Å². The zero-order valence-electron chi connectivity index (χ0n) is 12.0. The predicted molar refractivity (Wildman–Crippen MR) is 79.6 cm³/mol. The Hall–Kier alpha value is -2.30. The normalized spacial score (nSPS) is 20.8. The molecule has 0 radical (unpaired) electrons. The van der Waals surface area contributed by atoms with Gasteiger partial charge in [0.25, 0.3) is 0 Å². The summed E-state index contributed by atoms with van der Waals surface area (Å²) >= 11 is 0. The summed E-state index contributed by atoms with van der Waals surface area (Å²) in [5, 5.41) is 2.81. The summed E-state index contributed by atoms with van der Waals surface area (Å²) in [5.74, 6) is 3.78. The van der Waals surface area contributed by atoms with Gasteiger partial charge in [-0.05, 0) is 30.5 Å². The molecule has 1 aliphatic rings. The number of carbonyl (C=O) groups excluding carboxylic acids is 1. The molecule has 1 amide bonds. The molecule has 0 saturated heterocycles. The molecular formula is C16H19N3O2. The van der Waals surface area contributed by atoms with Gasteiger partial charge in [0, 0.05) is 37.4 Å². The number of hydrogen-bond acceptors (Lipinski definition) is 3. The summed E-state index contributed by atoms with van der Waals surface area (Å²) in [4.78, 5) is 18.8. The molecule has 2 unspecified atom stereocenters. The quantitative estimate of drug-likeness (QED) is 0.801. The average Bonchev–Trinajstić information content (AvgIpc) is 2.90. The summed E-state index contributed by atoms with van der Waals surface area (Å²) in [5.41, 5.74) is 0. The first-order valence-corrected chi connectivity index (χ1v) is 7.26. The van der Waals surface area contributed by atoms with Gasteiger partial charge in [-0.1, -0.05) is 6.92 Å². The maximum absolute atomic E-state index is 11.7. The van der Waals surface area contributed by atoms with Crippen molar-refractivity contribution < 1.29 is 9.21 Å². The van der Waals surface area contributed by atoms with E-state index in [4.69, 9.17) is 4.42 Å². The molecule has 1 fully saturated rings. The molecule has 1 saturated carbocycles. The van der Waals surface area contributed by atoms with Crippen molar-refractivity contribution in [1.29, 1.82) is 0 Å². The van der Waals surface area contributed by atoms with Crippen LogP contribution in [0.3, 0.4) is 0 Å². The van der Waals surface area contributed by atoms with Crippen molar-refractivity contribution >= 4 is 12.0 Å². The number of aromatic nitrogens is 2. The topological polar surface area (TPSA) is 70.9 Å². The van der Waals surface area contributed by atoms with E-state index in [1.54, 1.807) is 18.5 Å². The van der Waals surface area contributed by atoms with E-state index in [0.29, 0.717) is 18.9 Å². The van der Waals surface area contributed by atoms with E-state index in [1.807, 2.05) is 12.1 Å². The molecule has 110 valence electrons. The van der Waals surface area contributed by atoms with Crippen LogP contribution in [0.25, 0.3) is 6.08 Å². The highest BCUT2D eigenvalue weighted by Crippen LogP contribution is 2.47. The first kappa shape index (κ1) is 13.7. The van der Waals surface area contributed by atoms with E-state index in [2.05, 4.69) is 22.2 Å². The molecule has 0 aliphatic heterocycles. The number of aromatic amines is 1. The smallest absolute Gasteiger partial charge is 0.244 e. The number of hydrogen-bond donors (Lipinski definition) is 2. The summed E-state index contributed by atoms with van der Waals surface area (Å²) in [6.07, 6.45) is 8.57. The predicted octanol–water partition coefficient (Wildman–Crippen LogP) is 2.50. The summed E-state index contributed by atoms with van der Waals surface area (Å²) < 4.78 is 5.71. The van der Waals surface area contributed by atoms with Crippen molar-refractivity contribution in [3.63, 3.8) is 0 Å². The average molecular weight is 285 g/mol.